The van der Waals surface area contributed by atoms with E-state index in [0.717, 1.165) is 24.0 Å². The third-order valence-electron chi connectivity index (χ3n) is 9.91. The van der Waals surface area contributed by atoms with Crippen molar-refractivity contribution < 1.29 is 19.7 Å². The van der Waals surface area contributed by atoms with Crippen molar-refractivity contribution in [3.63, 3.8) is 0 Å². The van der Waals surface area contributed by atoms with Crippen molar-refractivity contribution in [1.82, 2.24) is 0 Å². The Balaban J connectivity index is 1.29. The van der Waals surface area contributed by atoms with Crippen LogP contribution >= 0.6 is 0 Å². The van der Waals surface area contributed by atoms with E-state index in [9.17, 15) is 10.2 Å². The summed E-state index contributed by atoms with van der Waals surface area (Å²) in [5, 5.41) is 20.8. The lowest BCUT2D eigenvalue weighted by atomic mass is 9.65. The Hall–Kier alpha value is -2.50. The molecule has 2 saturated carbocycles. The second-order valence-electron chi connectivity index (χ2n) is 15.3. The summed E-state index contributed by atoms with van der Waals surface area (Å²) in [7, 11) is 0. The first kappa shape index (κ1) is 34.4. The van der Waals surface area contributed by atoms with Crippen LogP contribution in [0.3, 0.4) is 0 Å². The van der Waals surface area contributed by atoms with Gasteiger partial charge in [0.1, 0.15) is 0 Å². The molecule has 4 nitrogen and oxygen atoms in total. The molecule has 4 rings (SSSR count). The van der Waals surface area contributed by atoms with Gasteiger partial charge in [0.05, 0.1) is 35.6 Å². The van der Waals surface area contributed by atoms with Crippen LogP contribution in [0.5, 0.6) is 0 Å². The molecule has 4 heteroatoms. The highest BCUT2D eigenvalue weighted by atomic mass is 16.5. The Labute approximate surface area is 267 Å². The molecular formula is C40H56O4. The highest BCUT2D eigenvalue weighted by Gasteiger charge is 2.51. The van der Waals surface area contributed by atoms with Crippen LogP contribution in [0.15, 0.2) is 106 Å². The van der Waals surface area contributed by atoms with Gasteiger partial charge in [-0.2, -0.15) is 0 Å². The molecule has 240 valence electrons. The fraction of sp³-hybridized carbons (Fsp3) is 0.550. The average Bonchev–Trinajstić information content (AvgIpc) is 3.43. The molecule has 0 spiro atoms. The topological polar surface area (TPSA) is 58.9 Å². The summed E-state index contributed by atoms with van der Waals surface area (Å²) in [5.74, 6) is 0. The van der Waals surface area contributed by atoms with Gasteiger partial charge in [0.25, 0.3) is 0 Å². The molecule has 0 aromatic heterocycles. The first-order valence-electron chi connectivity index (χ1n) is 16.3. The minimum absolute atomic E-state index is 0.0509. The first-order valence-corrected chi connectivity index (χ1v) is 16.3. The van der Waals surface area contributed by atoms with E-state index in [0.29, 0.717) is 12.8 Å². The van der Waals surface area contributed by atoms with Gasteiger partial charge in [-0.25, -0.2) is 0 Å². The maximum Gasteiger partial charge on any atom is 0.0982 e. The summed E-state index contributed by atoms with van der Waals surface area (Å²) in [5.41, 5.74) is 6.43. The molecule has 44 heavy (non-hydrogen) atoms. The fourth-order valence-electron chi connectivity index (χ4n) is 7.92. The molecule has 0 amide bonds. The second kappa shape index (κ2) is 13.1. The summed E-state index contributed by atoms with van der Waals surface area (Å²) in [6.45, 7) is 21.5. The molecule has 4 aliphatic rings. The van der Waals surface area contributed by atoms with E-state index in [1.165, 1.54) is 22.3 Å². The third kappa shape index (κ3) is 7.83. The summed E-state index contributed by atoms with van der Waals surface area (Å²) in [6.07, 6.45) is 27.7. The molecule has 2 fully saturated rings. The summed E-state index contributed by atoms with van der Waals surface area (Å²) < 4.78 is 12.9. The number of ether oxygens (including phenoxy) is 2. The summed E-state index contributed by atoms with van der Waals surface area (Å²) in [4.78, 5) is 0. The Morgan fingerprint density at radius 1 is 0.591 bits per heavy atom. The van der Waals surface area contributed by atoms with Crippen LogP contribution in [-0.4, -0.2) is 45.8 Å². The van der Waals surface area contributed by atoms with Crippen LogP contribution in [0.4, 0.5) is 0 Å². The van der Waals surface area contributed by atoms with Crippen LogP contribution < -0.4 is 0 Å². The predicted octanol–water partition coefficient (Wildman–Crippen LogP) is 8.97. The van der Waals surface area contributed by atoms with Crippen molar-refractivity contribution >= 4 is 0 Å². The molecular weight excluding hydrogens is 544 g/mol. The molecule has 0 unspecified atom stereocenters. The number of fused-ring (bicyclic) bond motifs is 2. The smallest absolute Gasteiger partial charge is 0.0982 e. The number of aliphatic hydroxyl groups excluding tert-OH is 2. The third-order valence-corrected chi connectivity index (χ3v) is 9.91. The zero-order chi connectivity index (χ0) is 32.5. The number of rotatable bonds is 8. The number of hydrogen-bond acceptors (Lipinski definition) is 4. The van der Waals surface area contributed by atoms with Crippen LogP contribution in [0.25, 0.3) is 0 Å². The van der Waals surface area contributed by atoms with Gasteiger partial charge in [0.2, 0.25) is 0 Å². The molecule has 0 aromatic carbocycles. The van der Waals surface area contributed by atoms with Gasteiger partial charge in [-0.05, 0) is 99.7 Å². The van der Waals surface area contributed by atoms with Gasteiger partial charge in [-0.15, -0.1) is 0 Å². The van der Waals surface area contributed by atoms with Crippen molar-refractivity contribution in [2.24, 2.45) is 10.8 Å². The standard InChI is InChI=1S/C40H56O4/c1-27(17-13-19-29(3)33-21-35-37(5,6)23-31(41)25-39(35,9)43-33)15-11-12-16-28(2)18-14-20-30(4)34-22-36-38(7,8)24-32(42)26-40(36,10)44-34/h11-22,31-34,41-42H,23-26H2,1-10H3/b12-11+,17-13+,18-14+,27-15+,28-16+,29-19+,30-20+/t31-,32-,33+,34+,39-,40+/m0/s1. The zero-order valence-corrected chi connectivity index (χ0v) is 28.8. The zero-order valence-electron chi connectivity index (χ0n) is 28.8. The van der Waals surface area contributed by atoms with E-state index in [1.54, 1.807) is 0 Å². The van der Waals surface area contributed by atoms with E-state index < -0.39 is 0 Å². The van der Waals surface area contributed by atoms with Gasteiger partial charge in [-0.1, -0.05) is 99.6 Å². The van der Waals surface area contributed by atoms with Crippen molar-refractivity contribution in [2.75, 3.05) is 0 Å². The highest BCUT2D eigenvalue weighted by Crippen LogP contribution is 2.53. The summed E-state index contributed by atoms with van der Waals surface area (Å²) in [6, 6.07) is 0. The molecule has 0 aromatic rings. The van der Waals surface area contributed by atoms with E-state index in [1.807, 2.05) is 0 Å². The first-order chi connectivity index (χ1) is 20.4. The van der Waals surface area contributed by atoms with Crippen molar-refractivity contribution in [2.45, 2.75) is 131 Å². The predicted molar refractivity (Wildman–Crippen MR) is 183 cm³/mol. The van der Waals surface area contributed by atoms with E-state index >= 15 is 0 Å². The molecule has 2 aliphatic heterocycles. The fourth-order valence-corrected chi connectivity index (χ4v) is 7.92. The molecule has 6 atom stereocenters. The Kier molecular flexibility index (Phi) is 10.2. The van der Waals surface area contributed by atoms with Crippen molar-refractivity contribution in [3.8, 4) is 0 Å². The number of hydrogen-bond donors (Lipinski definition) is 2. The van der Waals surface area contributed by atoms with Gasteiger partial charge in [0, 0.05) is 12.8 Å². The Bertz CT molecular complexity index is 1270. The molecule has 0 saturated heterocycles. The monoisotopic (exact) mass is 600 g/mol. The van der Waals surface area contributed by atoms with Gasteiger partial charge < -0.3 is 19.7 Å². The van der Waals surface area contributed by atoms with Crippen LogP contribution in [0.1, 0.15) is 94.9 Å². The highest BCUT2D eigenvalue weighted by molar-refractivity contribution is 5.39. The second-order valence-corrected chi connectivity index (χ2v) is 15.3. The van der Waals surface area contributed by atoms with Crippen LogP contribution in [0, 0.1) is 10.8 Å². The van der Waals surface area contributed by atoms with E-state index in [2.05, 4.69) is 142 Å². The summed E-state index contributed by atoms with van der Waals surface area (Å²) >= 11 is 0. The average molecular weight is 601 g/mol. The van der Waals surface area contributed by atoms with Crippen molar-refractivity contribution in [3.05, 3.63) is 106 Å². The van der Waals surface area contributed by atoms with E-state index in [4.69, 9.17) is 9.47 Å². The van der Waals surface area contributed by atoms with Crippen molar-refractivity contribution in [1.29, 1.82) is 0 Å². The number of allylic oxidation sites excluding steroid dienone is 12. The van der Waals surface area contributed by atoms with Crippen LogP contribution in [-0.2, 0) is 9.47 Å². The minimum atomic E-state index is -0.386. The van der Waals surface area contributed by atoms with E-state index in [-0.39, 0.29) is 46.4 Å². The normalized spacial score (nSPS) is 36.3. The largest absolute Gasteiger partial charge is 0.393 e. The molecule has 2 aliphatic carbocycles. The quantitative estimate of drug-likeness (QED) is 0.216. The lowest BCUT2D eigenvalue weighted by Crippen LogP contribution is -2.45. The number of aliphatic hydroxyl groups is 2. The molecule has 2 heterocycles. The van der Waals surface area contributed by atoms with Gasteiger partial charge in [-0.3, -0.25) is 0 Å². The van der Waals surface area contributed by atoms with Crippen LogP contribution in [0.2, 0.25) is 0 Å². The molecule has 0 radical (unpaired) electrons. The van der Waals surface area contributed by atoms with Gasteiger partial charge >= 0.3 is 0 Å². The maximum atomic E-state index is 10.4. The minimum Gasteiger partial charge on any atom is -0.393 e. The Morgan fingerprint density at radius 3 is 1.32 bits per heavy atom. The lowest BCUT2D eigenvalue weighted by Gasteiger charge is -2.44. The maximum absolute atomic E-state index is 10.4. The Morgan fingerprint density at radius 2 is 0.955 bits per heavy atom. The van der Waals surface area contributed by atoms with Gasteiger partial charge in [0.15, 0.2) is 0 Å². The molecule has 2 N–H and O–H groups in total. The molecule has 0 bridgehead atoms. The lowest BCUT2D eigenvalue weighted by molar-refractivity contribution is -0.0688. The SMILES string of the molecule is CC(/C=C/C=C(\C)[C@H]1C=C2C(C)(C)C[C@H](O)C[C@@]2(C)O1)=C\C=C\C=C(C)\C=C\C=C(/C)[C@H]1C=C2C(C)(C)C[C@H](O)C[C@]2(C)O1.